The van der Waals surface area contributed by atoms with Crippen LogP contribution in [0.3, 0.4) is 0 Å². The van der Waals surface area contributed by atoms with Crippen LogP contribution in [-0.2, 0) is 10.4 Å². The first kappa shape index (κ1) is 20.8. The van der Waals surface area contributed by atoms with E-state index in [1.165, 1.54) is 5.57 Å². The highest BCUT2D eigenvalue weighted by Gasteiger charge is 2.55. The zero-order valence-electron chi connectivity index (χ0n) is 17.9. The van der Waals surface area contributed by atoms with Crippen LogP contribution >= 0.6 is 0 Å². The fraction of sp³-hybridized carbons (Fsp3) is 0.423. The molecule has 0 bridgehead atoms. The van der Waals surface area contributed by atoms with Crippen LogP contribution in [0.25, 0.3) is 0 Å². The van der Waals surface area contributed by atoms with Crippen LogP contribution in [0, 0.1) is 17.8 Å². The summed E-state index contributed by atoms with van der Waals surface area (Å²) in [4.78, 5) is 15.7. The number of hydrogen-bond donors (Lipinski definition) is 2. The highest BCUT2D eigenvalue weighted by molar-refractivity contribution is 5.90. The van der Waals surface area contributed by atoms with Crippen molar-refractivity contribution in [2.75, 3.05) is 26.2 Å². The number of rotatable bonds is 8. The first-order valence-corrected chi connectivity index (χ1v) is 11.0. The number of fused-ring (bicyclic) bond motifs is 1. The minimum Gasteiger partial charge on any atom is -0.372 e. The summed E-state index contributed by atoms with van der Waals surface area (Å²) < 4.78 is 0. The molecular formula is C26H32N2O2. The van der Waals surface area contributed by atoms with Gasteiger partial charge in [-0.3, -0.25) is 4.79 Å². The van der Waals surface area contributed by atoms with E-state index in [-0.39, 0.29) is 5.91 Å². The van der Waals surface area contributed by atoms with Gasteiger partial charge in [-0.25, -0.2) is 0 Å². The molecule has 1 aliphatic heterocycles. The SMILES string of the molecule is CC(C)=CCCN1CC2C(CNC(=O)C(O)(c3ccccc3)c3ccccc3)C2C1. The number of carbonyl (C=O) groups is 1. The van der Waals surface area contributed by atoms with Crippen molar-refractivity contribution in [2.24, 2.45) is 17.8 Å². The predicted octanol–water partition coefficient (Wildman–Crippen LogP) is 3.57. The number of nitrogens with one attached hydrogen (secondary N) is 1. The molecule has 2 N–H and O–H groups in total. The van der Waals surface area contributed by atoms with Gasteiger partial charge >= 0.3 is 0 Å². The molecule has 4 nitrogen and oxygen atoms in total. The third kappa shape index (κ3) is 4.21. The van der Waals surface area contributed by atoms with E-state index in [1.54, 1.807) is 0 Å². The Labute approximate surface area is 179 Å². The topological polar surface area (TPSA) is 52.6 Å². The summed E-state index contributed by atoms with van der Waals surface area (Å²) in [7, 11) is 0. The number of carbonyl (C=O) groups excluding carboxylic acids is 1. The molecule has 2 unspecified atom stereocenters. The zero-order valence-corrected chi connectivity index (χ0v) is 17.9. The third-order valence-corrected chi connectivity index (χ3v) is 6.65. The van der Waals surface area contributed by atoms with E-state index in [1.807, 2.05) is 60.7 Å². The maximum atomic E-state index is 13.2. The third-order valence-electron chi connectivity index (χ3n) is 6.65. The Hall–Kier alpha value is -2.43. The first-order chi connectivity index (χ1) is 14.5. The van der Waals surface area contributed by atoms with Gasteiger partial charge < -0.3 is 15.3 Å². The molecular weight excluding hydrogens is 372 g/mol. The molecule has 2 atom stereocenters. The second-order valence-corrected chi connectivity index (χ2v) is 8.97. The molecule has 0 radical (unpaired) electrons. The number of nitrogens with zero attached hydrogens (tertiary/aromatic N) is 1. The van der Waals surface area contributed by atoms with E-state index in [4.69, 9.17) is 0 Å². The number of piperidine rings is 1. The Balaban J connectivity index is 1.36. The lowest BCUT2D eigenvalue weighted by Crippen LogP contribution is -2.46. The summed E-state index contributed by atoms with van der Waals surface area (Å²) in [6.07, 6.45) is 3.42. The summed E-state index contributed by atoms with van der Waals surface area (Å²) in [5.74, 6) is 1.55. The molecule has 1 saturated heterocycles. The number of likely N-dealkylation sites (tertiary alicyclic amines) is 1. The predicted molar refractivity (Wildman–Crippen MR) is 120 cm³/mol. The van der Waals surface area contributed by atoms with E-state index in [9.17, 15) is 9.90 Å². The monoisotopic (exact) mass is 404 g/mol. The molecule has 4 rings (SSSR count). The quantitative estimate of drug-likeness (QED) is 0.662. The van der Waals surface area contributed by atoms with Crippen molar-refractivity contribution in [3.8, 4) is 0 Å². The van der Waals surface area contributed by atoms with Crippen molar-refractivity contribution in [3.63, 3.8) is 0 Å². The molecule has 2 fully saturated rings. The van der Waals surface area contributed by atoms with E-state index < -0.39 is 5.60 Å². The number of amides is 1. The molecule has 0 aromatic heterocycles. The summed E-state index contributed by atoms with van der Waals surface area (Å²) in [5.41, 5.74) is 0.887. The Bertz CT molecular complexity index is 838. The number of allylic oxidation sites excluding steroid dienone is 1. The lowest BCUT2D eigenvalue weighted by molar-refractivity contribution is -0.136. The molecule has 0 spiro atoms. The van der Waals surface area contributed by atoms with Gasteiger partial charge in [0.15, 0.2) is 5.60 Å². The Morgan fingerprint density at radius 1 is 1.03 bits per heavy atom. The van der Waals surface area contributed by atoms with E-state index in [2.05, 4.69) is 30.1 Å². The van der Waals surface area contributed by atoms with Crippen molar-refractivity contribution in [3.05, 3.63) is 83.4 Å². The van der Waals surface area contributed by atoms with Crippen molar-refractivity contribution >= 4 is 5.91 Å². The van der Waals surface area contributed by atoms with Crippen molar-refractivity contribution in [2.45, 2.75) is 25.9 Å². The van der Waals surface area contributed by atoms with Crippen LogP contribution in [0.4, 0.5) is 0 Å². The van der Waals surface area contributed by atoms with Gasteiger partial charge in [0.05, 0.1) is 0 Å². The molecule has 158 valence electrons. The van der Waals surface area contributed by atoms with Gasteiger partial charge in [-0.05, 0) is 49.1 Å². The zero-order chi connectivity index (χ0) is 21.1. The summed E-state index contributed by atoms with van der Waals surface area (Å²) >= 11 is 0. The van der Waals surface area contributed by atoms with Gasteiger partial charge in [0.2, 0.25) is 0 Å². The lowest BCUT2D eigenvalue weighted by Gasteiger charge is -2.28. The molecule has 30 heavy (non-hydrogen) atoms. The molecule has 2 aromatic rings. The maximum Gasteiger partial charge on any atom is 0.261 e. The van der Waals surface area contributed by atoms with E-state index in [0.29, 0.717) is 35.4 Å². The lowest BCUT2D eigenvalue weighted by atomic mass is 9.85. The minimum atomic E-state index is -1.68. The Morgan fingerprint density at radius 3 is 2.07 bits per heavy atom. The Kier molecular flexibility index (Phi) is 6.07. The van der Waals surface area contributed by atoms with Crippen LogP contribution in [0.1, 0.15) is 31.4 Å². The summed E-state index contributed by atoms with van der Waals surface area (Å²) in [6.45, 7) is 8.31. The maximum absolute atomic E-state index is 13.2. The second kappa shape index (κ2) is 8.75. The van der Waals surface area contributed by atoms with E-state index in [0.717, 1.165) is 26.1 Å². The van der Waals surface area contributed by atoms with Crippen LogP contribution in [0.2, 0.25) is 0 Å². The standard InChI is InChI=1S/C26H32N2O2/c1-19(2)10-9-15-28-17-23-22(24(23)18-28)16-27-25(29)26(30,20-11-5-3-6-12-20)21-13-7-4-8-14-21/h3-8,10-14,22-24,30H,9,15-18H2,1-2H3,(H,27,29). The number of aliphatic hydroxyl groups is 1. The molecule has 1 amide bonds. The minimum absolute atomic E-state index is 0.342. The molecule has 1 heterocycles. The largest absolute Gasteiger partial charge is 0.372 e. The fourth-order valence-corrected chi connectivity index (χ4v) is 4.88. The average Bonchev–Trinajstić information content (AvgIpc) is 3.22. The van der Waals surface area contributed by atoms with Gasteiger partial charge in [-0.15, -0.1) is 0 Å². The highest BCUT2D eigenvalue weighted by Crippen LogP contribution is 2.51. The highest BCUT2D eigenvalue weighted by atomic mass is 16.3. The molecule has 1 saturated carbocycles. The van der Waals surface area contributed by atoms with Crippen molar-refractivity contribution in [1.29, 1.82) is 0 Å². The van der Waals surface area contributed by atoms with Gasteiger partial charge in [0.25, 0.3) is 5.91 Å². The smallest absolute Gasteiger partial charge is 0.261 e. The number of hydrogen-bond acceptors (Lipinski definition) is 3. The van der Waals surface area contributed by atoms with Gasteiger partial charge in [-0.2, -0.15) is 0 Å². The van der Waals surface area contributed by atoms with Crippen LogP contribution in [0.5, 0.6) is 0 Å². The van der Waals surface area contributed by atoms with Crippen LogP contribution in [0.15, 0.2) is 72.3 Å². The van der Waals surface area contributed by atoms with Gasteiger partial charge in [-0.1, -0.05) is 72.3 Å². The number of benzene rings is 2. The average molecular weight is 405 g/mol. The van der Waals surface area contributed by atoms with Crippen LogP contribution in [-0.4, -0.2) is 42.1 Å². The molecule has 1 aliphatic carbocycles. The Morgan fingerprint density at radius 2 is 1.57 bits per heavy atom. The molecule has 2 aromatic carbocycles. The fourth-order valence-electron chi connectivity index (χ4n) is 4.88. The summed E-state index contributed by atoms with van der Waals surface area (Å²) in [5, 5.41) is 14.6. The van der Waals surface area contributed by atoms with E-state index >= 15 is 0 Å². The molecule has 2 aliphatic rings. The van der Waals surface area contributed by atoms with Crippen molar-refractivity contribution in [1.82, 2.24) is 10.2 Å². The summed E-state index contributed by atoms with van der Waals surface area (Å²) in [6, 6.07) is 18.4. The van der Waals surface area contributed by atoms with Crippen molar-refractivity contribution < 1.29 is 9.90 Å². The normalized spacial score (nSPS) is 23.0. The van der Waals surface area contributed by atoms with Gasteiger partial charge in [0.1, 0.15) is 0 Å². The second-order valence-electron chi connectivity index (χ2n) is 8.97. The van der Waals surface area contributed by atoms with Gasteiger partial charge in [0, 0.05) is 26.2 Å². The first-order valence-electron chi connectivity index (χ1n) is 11.0. The van der Waals surface area contributed by atoms with Crippen LogP contribution < -0.4 is 5.32 Å². The molecule has 4 heteroatoms.